The fourth-order valence-corrected chi connectivity index (χ4v) is 1.72. The van der Waals surface area contributed by atoms with E-state index in [1.807, 2.05) is 0 Å². The largest absolute Gasteiger partial charge is 0.306 e. The molecule has 0 aliphatic carbocycles. The van der Waals surface area contributed by atoms with Gasteiger partial charge in [-0.1, -0.05) is 0 Å². The standard InChI is InChI=1S/C7H15NS/c1-8-4-2-3-7(5-8)6-9/h7,9H,2-6H2,1H3/t7-/m0/s1. The number of hydrogen-bond acceptors (Lipinski definition) is 2. The Balaban J connectivity index is 2.23. The highest BCUT2D eigenvalue weighted by molar-refractivity contribution is 7.80. The van der Waals surface area contributed by atoms with Crippen molar-refractivity contribution in [2.45, 2.75) is 12.8 Å². The van der Waals surface area contributed by atoms with Crippen LogP contribution in [0.1, 0.15) is 12.8 Å². The van der Waals surface area contributed by atoms with E-state index in [4.69, 9.17) is 0 Å². The number of hydrogen-bond donors (Lipinski definition) is 1. The maximum absolute atomic E-state index is 4.28. The molecule has 1 atom stereocenters. The first-order valence-electron chi connectivity index (χ1n) is 3.62. The molecule has 0 N–H and O–H groups in total. The first-order valence-corrected chi connectivity index (χ1v) is 4.25. The lowest BCUT2D eigenvalue weighted by Gasteiger charge is -2.28. The minimum atomic E-state index is 0.854. The van der Waals surface area contributed by atoms with Gasteiger partial charge in [-0.15, -0.1) is 0 Å². The lowest BCUT2D eigenvalue weighted by atomic mass is 10.0. The van der Waals surface area contributed by atoms with Crippen LogP contribution in [0.25, 0.3) is 0 Å². The molecule has 0 aromatic heterocycles. The van der Waals surface area contributed by atoms with Gasteiger partial charge >= 0.3 is 0 Å². The minimum absolute atomic E-state index is 0.854. The highest BCUT2D eigenvalue weighted by Crippen LogP contribution is 2.15. The molecule has 0 bridgehead atoms. The van der Waals surface area contributed by atoms with E-state index in [2.05, 4.69) is 24.6 Å². The molecule has 1 saturated heterocycles. The van der Waals surface area contributed by atoms with E-state index in [1.54, 1.807) is 0 Å². The number of thiol groups is 1. The molecule has 1 nitrogen and oxygen atoms in total. The quantitative estimate of drug-likeness (QED) is 0.544. The SMILES string of the molecule is CN1CCC[C@H](CS)C1. The average molecular weight is 145 g/mol. The van der Waals surface area contributed by atoms with E-state index >= 15 is 0 Å². The van der Waals surface area contributed by atoms with Crippen LogP contribution >= 0.6 is 12.6 Å². The summed E-state index contributed by atoms with van der Waals surface area (Å²) in [5, 5.41) is 0. The zero-order chi connectivity index (χ0) is 6.69. The molecule has 0 saturated carbocycles. The third-order valence-corrected chi connectivity index (χ3v) is 2.50. The van der Waals surface area contributed by atoms with Crippen molar-refractivity contribution in [3.63, 3.8) is 0 Å². The van der Waals surface area contributed by atoms with Crippen molar-refractivity contribution in [2.75, 3.05) is 25.9 Å². The Bertz CT molecular complexity index is 85.0. The van der Waals surface area contributed by atoms with Gasteiger partial charge < -0.3 is 4.90 Å². The molecular formula is C7H15NS. The summed E-state index contributed by atoms with van der Waals surface area (Å²) in [6.07, 6.45) is 2.75. The molecule has 0 radical (unpaired) electrons. The molecule has 9 heavy (non-hydrogen) atoms. The molecule has 0 spiro atoms. The number of piperidine rings is 1. The Morgan fingerprint density at radius 1 is 1.67 bits per heavy atom. The molecule has 0 unspecified atom stereocenters. The van der Waals surface area contributed by atoms with Crippen molar-refractivity contribution in [2.24, 2.45) is 5.92 Å². The summed E-state index contributed by atoms with van der Waals surface area (Å²) in [7, 11) is 2.19. The van der Waals surface area contributed by atoms with E-state index in [0.717, 1.165) is 11.7 Å². The monoisotopic (exact) mass is 145 g/mol. The van der Waals surface area contributed by atoms with Crippen molar-refractivity contribution >= 4 is 12.6 Å². The second kappa shape index (κ2) is 3.47. The van der Waals surface area contributed by atoms with Crippen molar-refractivity contribution in [3.05, 3.63) is 0 Å². The fourth-order valence-electron chi connectivity index (χ4n) is 1.42. The first kappa shape index (κ1) is 7.42. The van der Waals surface area contributed by atoms with Gasteiger partial charge in [0, 0.05) is 6.54 Å². The van der Waals surface area contributed by atoms with Crippen LogP contribution in [-0.4, -0.2) is 30.8 Å². The van der Waals surface area contributed by atoms with Crippen molar-refractivity contribution in [1.82, 2.24) is 4.90 Å². The Hall–Kier alpha value is 0.310. The number of rotatable bonds is 1. The first-order chi connectivity index (χ1) is 4.33. The molecule has 2 heteroatoms. The second-order valence-corrected chi connectivity index (χ2v) is 3.32. The minimum Gasteiger partial charge on any atom is -0.306 e. The molecule has 0 aromatic rings. The van der Waals surface area contributed by atoms with E-state index in [1.165, 1.54) is 25.9 Å². The predicted molar refractivity (Wildman–Crippen MR) is 44.1 cm³/mol. The third kappa shape index (κ3) is 2.18. The van der Waals surface area contributed by atoms with Crippen LogP contribution in [0.4, 0.5) is 0 Å². The molecule has 54 valence electrons. The highest BCUT2D eigenvalue weighted by Gasteiger charge is 2.14. The number of likely N-dealkylation sites (tertiary alicyclic amines) is 1. The predicted octanol–water partition coefficient (Wildman–Crippen LogP) is 1.26. The van der Waals surface area contributed by atoms with Gasteiger partial charge in [0.25, 0.3) is 0 Å². The lowest BCUT2D eigenvalue weighted by molar-refractivity contribution is 0.224. The molecule has 0 aromatic carbocycles. The average Bonchev–Trinajstić information content (AvgIpc) is 1.88. The molecular weight excluding hydrogens is 130 g/mol. The zero-order valence-electron chi connectivity index (χ0n) is 6.01. The van der Waals surface area contributed by atoms with Gasteiger partial charge in [-0.2, -0.15) is 12.6 Å². The summed E-state index contributed by atoms with van der Waals surface area (Å²) in [5.74, 6) is 1.91. The van der Waals surface area contributed by atoms with E-state index in [0.29, 0.717) is 0 Å². The molecule has 1 heterocycles. The highest BCUT2D eigenvalue weighted by atomic mass is 32.1. The second-order valence-electron chi connectivity index (χ2n) is 2.95. The van der Waals surface area contributed by atoms with Crippen LogP contribution in [0.3, 0.4) is 0 Å². The summed E-state index contributed by atoms with van der Waals surface area (Å²) in [4.78, 5) is 2.39. The van der Waals surface area contributed by atoms with Crippen molar-refractivity contribution in [1.29, 1.82) is 0 Å². The topological polar surface area (TPSA) is 3.24 Å². The van der Waals surface area contributed by atoms with E-state index in [9.17, 15) is 0 Å². The van der Waals surface area contributed by atoms with Gasteiger partial charge in [0.1, 0.15) is 0 Å². The van der Waals surface area contributed by atoms with Crippen molar-refractivity contribution in [3.8, 4) is 0 Å². The van der Waals surface area contributed by atoms with Crippen LogP contribution in [0.2, 0.25) is 0 Å². The number of nitrogens with zero attached hydrogens (tertiary/aromatic N) is 1. The molecule has 1 aliphatic rings. The Morgan fingerprint density at radius 3 is 2.89 bits per heavy atom. The van der Waals surface area contributed by atoms with Gasteiger partial charge in [-0.05, 0) is 38.1 Å². The van der Waals surface area contributed by atoms with Gasteiger partial charge in [0.15, 0.2) is 0 Å². The fraction of sp³-hybridized carbons (Fsp3) is 1.00. The molecule has 1 aliphatic heterocycles. The maximum Gasteiger partial charge on any atom is 0.00144 e. The van der Waals surface area contributed by atoms with Gasteiger partial charge in [-0.25, -0.2) is 0 Å². The van der Waals surface area contributed by atoms with Crippen LogP contribution in [0.15, 0.2) is 0 Å². The molecule has 1 rings (SSSR count). The third-order valence-electron chi connectivity index (χ3n) is 1.98. The Morgan fingerprint density at radius 2 is 2.44 bits per heavy atom. The van der Waals surface area contributed by atoms with E-state index < -0.39 is 0 Å². The summed E-state index contributed by atoms with van der Waals surface area (Å²) in [5.41, 5.74) is 0. The summed E-state index contributed by atoms with van der Waals surface area (Å²) in [6.45, 7) is 2.54. The van der Waals surface area contributed by atoms with Crippen LogP contribution in [0.5, 0.6) is 0 Å². The van der Waals surface area contributed by atoms with Gasteiger partial charge in [0.05, 0.1) is 0 Å². The summed E-state index contributed by atoms with van der Waals surface area (Å²) in [6, 6.07) is 0. The van der Waals surface area contributed by atoms with Crippen LogP contribution in [-0.2, 0) is 0 Å². The Kier molecular flexibility index (Phi) is 2.86. The zero-order valence-corrected chi connectivity index (χ0v) is 6.90. The lowest BCUT2D eigenvalue weighted by Crippen LogP contribution is -2.32. The maximum atomic E-state index is 4.28. The summed E-state index contributed by atoms with van der Waals surface area (Å²) < 4.78 is 0. The molecule has 0 amide bonds. The Labute approximate surface area is 62.8 Å². The van der Waals surface area contributed by atoms with Gasteiger partial charge in [0.2, 0.25) is 0 Å². The van der Waals surface area contributed by atoms with Crippen LogP contribution in [0, 0.1) is 5.92 Å². The smallest absolute Gasteiger partial charge is 0.00144 e. The normalized spacial score (nSPS) is 30.7. The van der Waals surface area contributed by atoms with Gasteiger partial charge in [-0.3, -0.25) is 0 Å². The summed E-state index contributed by atoms with van der Waals surface area (Å²) >= 11 is 4.28. The van der Waals surface area contributed by atoms with E-state index in [-0.39, 0.29) is 0 Å². The van der Waals surface area contributed by atoms with Crippen LogP contribution < -0.4 is 0 Å². The molecule has 1 fully saturated rings. The van der Waals surface area contributed by atoms with Crippen molar-refractivity contribution < 1.29 is 0 Å².